The number of carbonyl (C=O) groups excluding carboxylic acids is 2. The molecule has 0 spiro atoms. The van der Waals surface area contributed by atoms with Crippen LogP contribution in [0.5, 0.6) is 0 Å². The lowest BCUT2D eigenvalue weighted by molar-refractivity contribution is -0.151. The number of hydrogen-bond acceptors (Lipinski definition) is 4. The molecule has 5 nitrogen and oxygen atoms in total. The van der Waals surface area contributed by atoms with Gasteiger partial charge in [0.05, 0.1) is 13.0 Å². The first-order chi connectivity index (χ1) is 11.6. The molecule has 1 heterocycles. The number of nitrogens with zero attached hydrogens (tertiary/aromatic N) is 1. The van der Waals surface area contributed by atoms with Crippen LogP contribution >= 0.6 is 0 Å². The number of piperidine rings is 1. The Morgan fingerprint density at radius 3 is 2.56 bits per heavy atom. The fourth-order valence-electron chi connectivity index (χ4n) is 3.62. The van der Waals surface area contributed by atoms with Crippen LogP contribution in [0.2, 0.25) is 0 Å². The van der Waals surface area contributed by atoms with Crippen LogP contribution in [0.4, 0.5) is 9.18 Å². The zero-order valence-corrected chi connectivity index (χ0v) is 15.7. The Morgan fingerprint density at radius 1 is 1.36 bits per heavy atom. The molecule has 2 aliphatic rings. The predicted octanol–water partition coefficient (Wildman–Crippen LogP) is 3.85. The molecule has 0 saturated carbocycles. The van der Waals surface area contributed by atoms with Crippen molar-refractivity contribution < 1.29 is 23.5 Å². The maximum absolute atomic E-state index is 13.4. The van der Waals surface area contributed by atoms with Gasteiger partial charge in [0.1, 0.15) is 11.4 Å². The Bertz CT molecular complexity index is 593. The summed E-state index contributed by atoms with van der Waals surface area (Å²) in [7, 11) is 1.35. The molecule has 0 aromatic rings. The second kappa shape index (κ2) is 7.18. The Hall–Kier alpha value is -1.85. The number of ether oxygens (including phenoxy) is 2. The van der Waals surface area contributed by atoms with E-state index in [9.17, 15) is 14.0 Å². The van der Waals surface area contributed by atoms with Gasteiger partial charge >= 0.3 is 12.1 Å². The van der Waals surface area contributed by atoms with Crippen molar-refractivity contribution >= 4 is 12.1 Å². The molecular weight excluding hydrogens is 325 g/mol. The molecule has 1 aliphatic heterocycles. The van der Waals surface area contributed by atoms with E-state index in [1.807, 2.05) is 33.8 Å². The van der Waals surface area contributed by atoms with E-state index in [0.717, 1.165) is 0 Å². The molecule has 3 atom stereocenters. The van der Waals surface area contributed by atoms with Crippen LogP contribution in [-0.2, 0) is 14.3 Å². The Balaban J connectivity index is 2.17. The summed E-state index contributed by atoms with van der Waals surface area (Å²) < 4.78 is 23.7. The largest absolute Gasteiger partial charge is 0.469 e. The van der Waals surface area contributed by atoms with Crippen LogP contribution in [0.1, 0.15) is 40.5 Å². The highest BCUT2D eigenvalue weighted by atomic mass is 19.1. The Labute approximate surface area is 148 Å². The summed E-state index contributed by atoms with van der Waals surface area (Å²) in [5.74, 6) is -1.09. The minimum absolute atomic E-state index is 0.0285. The number of halogens is 1. The van der Waals surface area contributed by atoms with Crippen molar-refractivity contribution in [2.45, 2.75) is 46.1 Å². The lowest BCUT2D eigenvalue weighted by Gasteiger charge is -2.45. The number of methoxy groups -OCH3 is 1. The van der Waals surface area contributed by atoms with Crippen molar-refractivity contribution in [1.82, 2.24) is 4.90 Å². The maximum Gasteiger partial charge on any atom is 0.410 e. The number of carbonyl (C=O) groups is 2. The van der Waals surface area contributed by atoms with Gasteiger partial charge in [0.2, 0.25) is 0 Å². The van der Waals surface area contributed by atoms with Gasteiger partial charge in [-0.05, 0) is 57.1 Å². The summed E-state index contributed by atoms with van der Waals surface area (Å²) in [6.07, 6.45) is 5.59. The molecule has 1 unspecified atom stereocenters. The van der Waals surface area contributed by atoms with Crippen LogP contribution in [0.3, 0.4) is 0 Å². The number of likely N-dealkylation sites (tertiary alicyclic amines) is 1. The molecule has 0 bridgehead atoms. The van der Waals surface area contributed by atoms with Crippen LogP contribution in [-0.4, -0.2) is 42.8 Å². The van der Waals surface area contributed by atoms with E-state index in [1.165, 1.54) is 13.2 Å². The maximum atomic E-state index is 13.4. The minimum atomic E-state index is -0.588. The standard InChI is InChI=1S/C19H28FNO4/c1-18(2,3)25-17(23)21-11-8-15(14(12-21)16(22)24-5)19(4)9-6-13(20)7-10-19/h6-7,9,14-15H,8,10-12H2,1-5H3/t14-,15-,19?/m1/s1. The first-order valence-corrected chi connectivity index (χ1v) is 8.66. The third-order valence-electron chi connectivity index (χ3n) is 4.98. The number of amides is 1. The smallest absolute Gasteiger partial charge is 0.410 e. The summed E-state index contributed by atoms with van der Waals surface area (Å²) >= 11 is 0. The van der Waals surface area contributed by atoms with Crippen LogP contribution in [0.15, 0.2) is 24.1 Å². The predicted molar refractivity (Wildman–Crippen MR) is 92.5 cm³/mol. The highest BCUT2D eigenvalue weighted by Crippen LogP contribution is 2.45. The molecule has 1 amide bonds. The molecule has 0 radical (unpaired) electrons. The summed E-state index contributed by atoms with van der Waals surface area (Å²) in [4.78, 5) is 26.3. The molecule has 140 valence electrons. The fraction of sp³-hybridized carbons (Fsp3) is 0.684. The third-order valence-corrected chi connectivity index (χ3v) is 4.98. The summed E-state index contributed by atoms with van der Waals surface area (Å²) in [6.45, 7) is 8.21. The van der Waals surface area contributed by atoms with E-state index >= 15 is 0 Å². The first kappa shape index (κ1) is 19.5. The highest BCUT2D eigenvalue weighted by molar-refractivity contribution is 5.75. The van der Waals surface area contributed by atoms with Gasteiger partial charge in [-0.15, -0.1) is 0 Å². The summed E-state index contributed by atoms with van der Waals surface area (Å²) in [5.41, 5.74) is -0.927. The van der Waals surface area contributed by atoms with Gasteiger partial charge in [-0.25, -0.2) is 9.18 Å². The average molecular weight is 353 g/mol. The van der Waals surface area contributed by atoms with Crippen molar-refractivity contribution in [2.75, 3.05) is 20.2 Å². The van der Waals surface area contributed by atoms with E-state index in [4.69, 9.17) is 9.47 Å². The number of esters is 1. The topological polar surface area (TPSA) is 55.8 Å². The number of hydrogen-bond donors (Lipinski definition) is 0. The van der Waals surface area contributed by atoms with E-state index in [-0.39, 0.29) is 29.7 Å². The van der Waals surface area contributed by atoms with Crippen molar-refractivity contribution in [2.24, 2.45) is 17.3 Å². The zero-order valence-electron chi connectivity index (χ0n) is 15.7. The lowest BCUT2D eigenvalue weighted by atomic mass is 9.64. The first-order valence-electron chi connectivity index (χ1n) is 8.66. The second-order valence-electron chi connectivity index (χ2n) is 8.08. The highest BCUT2D eigenvalue weighted by Gasteiger charge is 2.46. The Kier molecular flexibility index (Phi) is 5.59. The van der Waals surface area contributed by atoms with Crippen molar-refractivity contribution in [1.29, 1.82) is 0 Å². The second-order valence-corrected chi connectivity index (χ2v) is 8.08. The van der Waals surface area contributed by atoms with Crippen molar-refractivity contribution in [3.05, 3.63) is 24.1 Å². The van der Waals surface area contributed by atoms with Gasteiger partial charge in [-0.2, -0.15) is 0 Å². The zero-order chi connectivity index (χ0) is 18.8. The Morgan fingerprint density at radius 2 is 2.04 bits per heavy atom. The molecule has 0 N–H and O–H groups in total. The molecule has 1 fully saturated rings. The molecule has 0 aromatic carbocycles. The van der Waals surface area contributed by atoms with Crippen LogP contribution in [0, 0.1) is 17.3 Å². The molecule has 1 aliphatic carbocycles. The number of allylic oxidation sites excluding steroid dienone is 4. The molecular formula is C19H28FNO4. The van der Waals surface area contributed by atoms with Gasteiger partial charge in [0.25, 0.3) is 0 Å². The van der Waals surface area contributed by atoms with Gasteiger partial charge in [0, 0.05) is 13.1 Å². The SMILES string of the molecule is COC(=O)[C@@H]1CN(C(=O)OC(C)(C)C)CC[C@H]1C1(C)C=CC(F)=CC1. The fourth-order valence-corrected chi connectivity index (χ4v) is 3.62. The quantitative estimate of drug-likeness (QED) is 0.708. The van der Waals surface area contributed by atoms with Gasteiger partial charge in [0.15, 0.2) is 0 Å². The summed E-state index contributed by atoms with van der Waals surface area (Å²) in [5, 5.41) is 0. The van der Waals surface area contributed by atoms with E-state index in [0.29, 0.717) is 19.4 Å². The van der Waals surface area contributed by atoms with Crippen LogP contribution in [0.25, 0.3) is 0 Å². The normalized spacial score (nSPS) is 29.8. The summed E-state index contributed by atoms with van der Waals surface area (Å²) in [6, 6.07) is 0. The molecule has 6 heteroatoms. The van der Waals surface area contributed by atoms with Crippen molar-refractivity contribution in [3.8, 4) is 0 Å². The minimum Gasteiger partial charge on any atom is -0.469 e. The van der Waals surface area contributed by atoms with E-state index < -0.39 is 17.6 Å². The third kappa shape index (κ3) is 4.61. The van der Waals surface area contributed by atoms with Gasteiger partial charge in [-0.3, -0.25) is 4.79 Å². The molecule has 2 rings (SSSR count). The van der Waals surface area contributed by atoms with Crippen molar-refractivity contribution in [3.63, 3.8) is 0 Å². The van der Waals surface area contributed by atoms with Crippen LogP contribution < -0.4 is 0 Å². The average Bonchev–Trinajstić information content (AvgIpc) is 2.55. The van der Waals surface area contributed by atoms with E-state index in [2.05, 4.69) is 0 Å². The van der Waals surface area contributed by atoms with Gasteiger partial charge in [-0.1, -0.05) is 13.0 Å². The molecule has 1 saturated heterocycles. The van der Waals surface area contributed by atoms with Gasteiger partial charge < -0.3 is 14.4 Å². The van der Waals surface area contributed by atoms with E-state index in [1.54, 1.807) is 11.0 Å². The number of rotatable bonds is 2. The molecule has 0 aromatic heterocycles. The monoisotopic (exact) mass is 353 g/mol. The lowest BCUT2D eigenvalue weighted by Crippen LogP contribution is -2.51. The molecule has 25 heavy (non-hydrogen) atoms.